The lowest BCUT2D eigenvalue weighted by Gasteiger charge is -2.16. The summed E-state index contributed by atoms with van der Waals surface area (Å²) in [5, 5.41) is 6.77. The second kappa shape index (κ2) is 9.69. The molecule has 0 aliphatic rings. The van der Waals surface area contributed by atoms with E-state index in [0.29, 0.717) is 22.8 Å². The molecule has 2 aromatic heterocycles. The fourth-order valence-electron chi connectivity index (χ4n) is 2.89. The van der Waals surface area contributed by atoms with Crippen LogP contribution < -0.4 is 14.8 Å². The maximum atomic E-state index is 12.5. The van der Waals surface area contributed by atoms with Crippen LogP contribution in [0.15, 0.2) is 53.3 Å². The zero-order chi connectivity index (χ0) is 21.5. The largest absolute Gasteiger partial charge is 0.493 e. The molecule has 0 radical (unpaired) electrons. The molecule has 1 atom stereocenters. The minimum Gasteiger partial charge on any atom is -0.493 e. The average molecular weight is 409 g/mol. The number of ketones is 1. The minimum absolute atomic E-state index is 0.0532. The molecule has 2 heterocycles. The van der Waals surface area contributed by atoms with Gasteiger partial charge in [0.25, 0.3) is 5.91 Å². The number of pyridine rings is 1. The summed E-state index contributed by atoms with van der Waals surface area (Å²) in [4.78, 5) is 28.0. The number of nitrogens with one attached hydrogen (secondary N) is 1. The number of methoxy groups -OCH3 is 1. The molecule has 0 bridgehead atoms. The third-order valence-electron chi connectivity index (χ3n) is 4.55. The Morgan fingerprint density at radius 1 is 1.13 bits per heavy atom. The molecule has 1 aromatic carbocycles. The summed E-state index contributed by atoms with van der Waals surface area (Å²) in [5.41, 5.74) is 1.66. The Balaban J connectivity index is 1.64. The monoisotopic (exact) mass is 409 g/mol. The van der Waals surface area contributed by atoms with Crippen molar-refractivity contribution in [3.63, 3.8) is 0 Å². The Morgan fingerprint density at radius 2 is 1.90 bits per heavy atom. The summed E-state index contributed by atoms with van der Waals surface area (Å²) in [6.45, 7) is 3.52. The fraction of sp³-hybridized carbons (Fsp3) is 0.273. The predicted octanol–water partition coefficient (Wildman–Crippen LogP) is 3.74. The number of hydrogen-bond acceptors (Lipinski definition) is 7. The van der Waals surface area contributed by atoms with Gasteiger partial charge in [-0.3, -0.25) is 14.6 Å². The van der Waals surface area contributed by atoms with Crippen molar-refractivity contribution in [1.29, 1.82) is 0 Å². The van der Waals surface area contributed by atoms with Crippen LogP contribution in [-0.4, -0.2) is 28.9 Å². The number of aromatic nitrogens is 2. The van der Waals surface area contributed by atoms with Crippen molar-refractivity contribution in [1.82, 2.24) is 15.5 Å². The second-order valence-corrected chi connectivity index (χ2v) is 6.60. The van der Waals surface area contributed by atoms with E-state index in [9.17, 15) is 9.59 Å². The Bertz CT molecular complexity index is 1020. The molecule has 0 aliphatic carbocycles. The van der Waals surface area contributed by atoms with Gasteiger partial charge in [-0.2, -0.15) is 0 Å². The maximum absolute atomic E-state index is 12.5. The third-order valence-corrected chi connectivity index (χ3v) is 4.55. The number of Topliss-reactive ketones (excluding diaryl/α,β-unsaturated/α-hetero) is 1. The van der Waals surface area contributed by atoms with Gasteiger partial charge in [-0.15, -0.1) is 0 Å². The van der Waals surface area contributed by atoms with E-state index in [2.05, 4.69) is 15.5 Å². The minimum atomic E-state index is -0.336. The van der Waals surface area contributed by atoms with Crippen LogP contribution in [0.4, 0.5) is 0 Å². The van der Waals surface area contributed by atoms with Gasteiger partial charge in [0.1, 0.15) is 6.61 Å². The first-order valence-electron chi connectivity index (χ1n) is 9.50. The highest BCUT2D eigenvalue weighted by molar-refractivity contribution is 5.94. The number of rotatable bonds is 9. The first-order chi connectivity index (χ1) is 14.5. The third kappa shape index (κ3) is 5.02. The molecule has 1 unspecified atom stereocenters. The molecule has 0 fully saturated rings. The average Bonchev–Trinajstić information content (AvgIpc) is 3.25. The topological polar surface area (TPSA) is 104 Å². The maximum Gasteiger partial charge on any atom is 0.273 e. The SMILES string of the molecule is CCC(NC(=O)c1cc(COc2ccc(C(C)=O)cc2OC)on1)c1ccncc1. The van der Waals surface area contributed by atoms with Gasteiger partial charge < -0.3 is 19.3 Å². The number of hydrogen-bond donors (Lipinski definition) is 1. The van der Waals surface area contributed by atoms with E-state index in [1.54, 1.807) is 30.6 Å². The summed E-state index contributed by atoms with van der Waals surface area (Å²) in [6.07, 6.45) is 4.10. The van der Waals surface area contributed by atoms with Gasteiger partial charge in [-0.1, -0.05) is 12.1 Å². The van der Waals surface area contributed by atoms with Gasteiger partial charge in [0.2, 0.25) is 0 Å². The van der Waals surface area contributed by atoms with Crippen LogP contribution in [0.25, 0.3) is 0 Å². The summed E-state index contributed by atoms with van der Waals surface area (Å²) in [6, 6.07) is 10.0. The summed E-state index contributed by atoms with van der Waals surface area (Å²) in [7, 11) is 1.50. The summed E-state index contributed by atoms with van der Waals surface area (Å²) < 4.78 is 16.2. The van der Waals surface area contributed by atoms with Crippen molar-refractivity contribution in [3.8, 4) is 11.5 Å². The van der Waals surface area contributed by atoms with Crippen molar-refractivity contribution in [2.45, 2.75) is 32.9 Å². The Morgan fingerprint density at radius 3 is 2.57 bits per heavy atom. The molecule has 156 valence electrons. The summed E-state index contributed by atoms with van der Waals surface area (Å²) >= 11 is 0. The van der Waals surface area contributed by atoms with Gasteiger partial charge in [0, 0.05) is 24.0 Å². The number of carbonyl (C=O) groups excluding carboxylic acids is 2. The molecule has 8 nitrogen and oxygen atoms in total. The fourth-order valence-corrected chi connectivity index (χ4v) is 2.89. The highest BCUT2D eigenvalue weighted by Crippen LogP contribution is 2.29. The lowest BCUT2D eigenvalue weighted by Crippen LogP contribution is -2.28. The first kappa shape index (κ1) is 21.0. The van der Waals surface area contributed by atoms with Gasteiger partial charge in [0.15, 0.2) is 28.7 Å². The Hall–Kier alpha value is -3.68. The van der Waals surface area contributed by atoms with Gasteiger partial charge in [-0.25, -0.2) is 0 Å². The van der Waals surface area contributed by atoms with Crippen LogP contribution in [-0.2, 0) is 6.61 Å². The molecule has 8 heteroatoms. The lowest BCUT2D eigenvalue weighted by molar-refractivity contribution is 0.0925. The highest BCUT2D eigenvalue weighted by atomic mass is 16.5. The number of benzene rings is 1. The molecule has 0 spiro atoms. The molecule has 30 heavy (non-hydrogen) atoms. The van der Waals surface area contributed by atoms with Crippen LogP contribution in [0.1, 0.15) is 58.5 Å². The van der Waals surface area contributed by atoms with Crippen molar-refractivity contribution in [2.24, 2.45) is 0 Å². The van der Waals surface area contributed by atoms with E-state index in [1.165, 1.54) is 20.1 Å². The van der Waals surface area contributed by atoms with Crippen LogP contribution in [0.3, 0.4) is 0 Å². The van der Waals surface area contributed by atoms with Crippen LogP contribution in [0.2, 0.25) is 0 Å². The predicted molar refractivity (Wildman–Crippen MR) is 109 cm³/mol. The molecule has 0 saturated heterocycles. The first-order valence-corrected chi connectivity index (χ1v) is 9.50. The highest BCUT2D eigenvalue weighted by Gasteiger charge is 2.18. The van der Waals surface area contributed by atoms with E-state index >= 15 is 0 Å². The van der Waals surface area contributed by atoms with E-state index in [4.69, 9.17) is 14.0 Å². The standard InChI is InChI=1S/C22H23N3O5/c1-4-18(15-7-9-23-10-8-15)24-22(27)19-12-17(30-25-19)13-29-20-6-5-16(14(2)26)11-21(20)28-3/h5-12,18H,4,13H2,1-3H3,(H,24,27). The molecule has 0 saturated carbocycles. The van der Waals surface area contributed by atoms with Crippen molar-refractivity contribution < 1.29 is 23.6 Å². The number of amides is 1. The molecular formula is C22H23N3O5. The molecular weight excluding hydrogens is 386 g/mol. The van der Waals surface area contributed by atoms with E-state index < -0.39 is 0 Å². The van der Waals surface area contributed by atoms with Crippen molar-refractivity contribution in [2.75, 3.05) is 7.11 Å². The molecule has 3 rings (SSSR count). The quantitative estimate of drug-likeness (QED) is 0.537. The number of ether oxygens (including phenoxy) is 2. The number of carbonyl (C=O) groups is 2. The second-order valence-electron chi connectivity index (χ2n) is 6.60. The smallest absolute Gasteiger partial charge is 0.273 e. The molecule has 0 aliphatic heterocycles. The van der Waals surface area contributed by atoms with Crippen LogP contribution in [0.5, 0.6) is 11.5 Å². The zero-order valence-electron chi connectivity index (χ0n) is 17.0. The van der Waals surface area contributed by atoms with E-state index in [-0.39, 0.29) is 30.0 Å². The van der Waals surface area contributed by atoms with Gasteiger partial charge in [0.05, 0.1) is 13.2 Å². The Labute approximate surface area is 174 Å². The summed E-state index contributed by atoms with van der Waals surface area (Å²) in [5.74, 6) is 0.867. The zero-order valence-corrected chi connectivity index (χ0v) is 17.0. The Kier molecular flexibility index (Phi) is 6.79. The van der Waals surface area contributed by atoms with Crippen LogP contribution >= 0.6 is 0 Å². The van der Waals surface area contributed by atoms with Crippen molar-refractivity contribution in [3.05, 3.63) is 71.4 Å². The molecule has 1 amide bonds. The number of nitrogens with zero attached hydrogens (tertiary/aromatic N) is 2. The normalized spacial score (nSPS) is 11.6. The van der Waals surface area contributed by atoms with Gasteiger partial charge in [-0.05, 0) is 49.2 Å². The van der Waals surface area contributed by atoms with E-state index in [0.717, 1.165) is 12.0 Å². The lowest BCUT2D eigenvalue weighted by atomic mass is 10.1. The van der Waals surface area contributed by atoms with E-state index in [1.807, 2.05) is 19.1 Å². The van der Waals surface area contributed by atoms with Gasteiger partial charge >= 0.3 is 0 Å². The molecule has 1 N–H and O–H groups in total. The van der Waals surface area contributed by atoms with Crippen molar-refractivity contribution >= 4 is 11.7 Å². The molecule has 3 aromatic rings. The van der Waals surface area contributed by atoms with Crippen LogP contribution in [0, 0.1) is 0 Å².